The van der Waals surface area contributed by atoms with E-state index >= 15 is 0 Å². The van der Waals surface area contributed by atoms with Crippen molar-refractivity contribution in [2.75, 3.05) is 40.1 Å². The second-order valence-corrected chi connectivity index (χ2v) is 5.51. The minimum absolute atomic E-state index is 0.116. The maximum absolute atomic E-state index is 11.4. The van der Waals surface area contributed by atoms with Gasteiger partial charge in [-0.25, -0.2) is 5.48 Å². The molecule has 0 saturated carbocycles. The fraction of sp³-hybridized carbons (Fsp3) is 0.846. The molecule has 0 bridgehead atoms. The molecule has 0 fully saturated rings. The molecular formula is C13H26N2O5. The minimum atomic E-state index is -0.309. The average molecular weight is 290 g/mol. The summed E-state index contributed by atoms with van der Waals surface area (Å²) in [7, 11) is 1.59. The maximum Gasteiger partial charge on any atom is 0.248 e. The highest BCUT2D eigenvalue weighted by Gasteiger charge is 2.16. The Kier molecular flexibility index (Phi) is 9.96. The van der Waals surface area contributed by atoms with Crippen LogP contribution in [-0.4, -0.2) is 51.9 Å². The first-order valence-electron chi connectivity index (χ1n) is 6.59. The third kappa shape index (κ3) is 13.3. The van der Waals surface area contributed by atoms with Gasteiger partial charge in [-0.3, -0.25) is 14.4 Å². The maximum atomic E-state index is 11.4. The van der Waals surface area contributed by atoms with Crippen molar-refractivity contribution in [3.63, 3.8) is 0 Å². The van der Waals surface area contributed by atoms with Crippen molar-refractivity contribution in [1.29, 1.82) is 0 Å². The number of nitrogens with one attached hydrogen (secondary N) is 2. The fourth-order valence-corrected chi connectivity index (χ4v) is 1.26. The van der Waals surface area contributed by atoms with Gasteiger partial charge in [-0.15, -0.1) is 0 Å². The fourth-order valence-electron chi connectivity index (χ4n) is 1.26. The van der Waals surface area contributed by atoms with Gasteiger partial charge in [0.2, 0.25) is 11.8 Å². The number of rotatable bonds is 10. The van der Waals surface area contributed by atoms with E-state index in [1.54, 1.807) is 7.11 Å². The molecule has 0 spiro atoms. The molecule has 0 aliphatic heterocycles. The van der Waals surface area contributed by atoms with Crippen LogP contribution in [0.25, 0.3) is 0 Å². The van der Waals surface area contributed by atoms with Crippen molar-refractivity contribution in [2.45, 2.75) is 27.2 Å². The third-order valence-corrected chi connectivity index (χ3v) is 2.08. The molecule has 0 aliphatic carbocycles. The molecule has 0 heterocycles. The first-order valence-corrected chi connectivity index (χ1v) is 6.59. The molecule has 0 radical (unpaired) electrons. The van der Waals surface area contributed by atoms with Crippen LogP contribution in [0.4, 0.5) is 0 Å². The Labute approximate surface area is 120 Å². The normalized spacial score (nSPS) is 11.2. The number of carbonyl (C=O) groups is 2. The highest BCUT2D eigenvalue weighted by atomic mass is 16.7. The van der Waals surface area contributed by atoms with E-state index < -0.39 is 0 Å². The third-order valence-electron chi connectivity index (χ3n) is 2.08. The van der Waals surface area contributed by atoms with Crippen LogP contribution in [0, 0.1) is 5.41 Å². The summed E-state index contributed by atoms with van der Waals surface area (Å²) in [6, 6.07) is 0. The molecule has 0 atom stereocenters. The zero-order chi connectivity index (χ0) is 15.4. The summed E-state index contributed by atoms with van der Waals surface area (Å²) < 4.78 is 9.98. The Bertz CT molecular complexity index is 289. The van der Waals surface area contributed by atoms with Crippen LogP contribution in [-0.2, 0) is 23.9 Å². The summed E-state index contributed by atoms with van der Waals surface area (Å²) >= 11 is 0. The monoisotopic (exact) mass is 290 g/mol. The van der Waals surface area contributed by atoms with Gasteiger partial charge in [0.05, 0.1) is 19.8 Å². The number of hydroxylamine groups is 1. The van der Waals surface area contributed by atoms with E-state index in [2.05, 4.69) is 10.8 Å². The van der Waals surface area contributed by atoms with E-state index in [0.717, 1.165) is 0 Å². The van der Waals surface area contributed by atoms with Crippen LogP contribution < -0.4 is 10.8 Å². The Balaban J connectivity index is 3.47. The molecule has 2 N–H and O–H groups in total. The summed E-state index contributed by atoms with van der Waals surface area (Å²) in [5, 5.41) is 2.60. The summed E-state index contributed by atoms with van der Waals surface area (Å²) in [4.78, 5) is 27.6. The van der Waals surface area contributed by atoms with Crippen LogP contribution in [0.3, 0.4) is 0 Å². The largest absolute Gasteiger partial charge is 0.382 e. The molecule has 2 amide bonds. The first kappa shape index (κ1) is 18.8. The molecular weight excluding hydrogens is 264 g/mol. The SMILES string of the molecule is COCCOCCNC(=O)CONC(=O)CC(C)(C)C. The van der Waals surface area contributed by atoms with Gasteiger partial charge < -0.3 is 14.8 Å². The topological polar surface area (TPSA) is 85.9 Å². The van der Waals surface area contributed by atoms with Gasteiger partial charge in [0.25, 0.3) is 0 Å². The van der Waals surface area contributed by atoms with Crippen LogP contribution in [0.1, 0.15) is 27.2 Å². The molecule has 0 aromatic carbocycles. The lowest BCUT2D eigenvalue weighted by atomic mass is 9.92. The molecule has 7 nitrogen and oxygen atoms in total. The van der Waals surface area contributed by atoms with Crippen LogP contribution in [0.5, 0.6) is 0 Å². The number of hydrogen-bond donors (Lipinski definition) is 2. The van der Waals surface area contributed by atoms with E-state index in [1.807, 2.05) is 20.8 Å². The minimum Gasteiger partial charge on any atom is -0.382 e. The Hall–Kier alpha value is -1.18. The number of ether oxygens (including phenoxy) is 2. The molecule has 0 unspecified atom stereocenters. The van der Waals surface area contributed by atoms with Crippen molar-refractivity contribution in [3.8, 4) is 0 Å². The second kappa shape index (κ2) is 10.6. The number of methoxy groups -OCH3 is 1. The van der Waals surface area contributed by atoms with Crippen molar-refractivity contribution in [2.24, 2.45) is 5.41 Å². The van der Waals surface area contributed by atoms with E-state index in [4.69, 9.17) is 14.3 Å². The van der Waals surface area contributed by atoms with Gasteiger partial charge in [-0.05, 0) is 5.41 Å². The van der Waals surface area contributed by atoms with Crippen molar-refractivity contribution >= 4 is 11.8 Å². The van der Waals surface area contributed by atoms with Crippen molar-refractivity contribution in [3.05, 3.63) is 0 Å². The van der Waals surface area contributed by atoms with Gasteiger partial charge in [-0.2, -0.15) is 0 Å². The standard InChI is InChI=1S/C13H26N2O5/c1-13(2,3)9-11(16)15-20-10-12(17)14-5-6-19-8-7-18-4/h5-10H2,1-4H3,(H,14,17)(H,15,16). The summed E-state index contributed by atoms with van der Waals surface area (Å²) in [6.07, 6.45) is 0.335. The lowest BCUT2D eigenvalue weighted by Crippen LogP contribution is -2.35. The quantitative estimate of drug-likeness (QED) is 0.445. The zero-order valence-corrected chi connectivity index (χ0v) is 12.8. The predicted molar refractivity (Wildman–Crippen MR) is 73.9 cm³/mol. The summed E-state index contributed by atoms with van der Waals surface area (Å²) in [6.45, 7) is 7.44. The molecule has 0 rings (SSSR count). The zero-order valence-electron chi connectivity index (χ0n) is 12.8. The smallest absolute Gasteiger partial charge is 0.248 e. The molecule has 0 aromatic rings. The number of amides is 2. The predicted octanol–water partition coefficient (Wildman–Crippen LogP) is 0.250. The Morgan fingerprint density at radius 2 is 1.75 bits per heavy atom. The van der Waals surface area contributed by atoms with Gasteiger partial charge in [0.1, 0.15) is 0 Å². The second-order valence-electron chi connectivity index (χ2n) is 5.51. The van der Waals surface area contributed by atoms with Gasteiger partial charge in [0.15, 0.2) is 6.61 Å². The Morgan fingerprint density at radius 3 is 2.35 bits per heavy atom. The van der Waals surface area contributed by atoms with Crippen LogP contribution in [0.2, 0.25) is 0 Å². The molecule has 7 heteroatoms. The Morgan fingerprint density at radius 1 is 1.05 bits per heavy atom. The molecule has 20 heavy (non-hydrogen) atoms. The lowest BCUT2D eigenvalue weighted by molar-refractivity contribution is -0.140. The van der Waals surface area contributed by atoms with E-state index in [9.17, 15) is 9.59 Å². The molecule has 0 aliphatic rings. The van der Waals surface area contributed by atoms with Gasteiger partial charge >= 0.3 is 0 Å². The average Bonchev–Trinajstić information content (AvgIpc) is 2.31. The van der Waals surface area contributed by atoms with Crippen molar-refractivity contribution in [1.82, 2.24) is 10.8 Å². The van der Waals surface area contributed by atoms with Gasteiger partial charge in [0, 0.05) is 20.1 Å². The molecule has 0 saturated heterocycles. The summed E-state index contributed by atoms with van der Waals surface area (Å²) in [5.41, 5.74) is 2.13. The number of carbonyl (C=O) groups excluding carboxylic acids is 2. The molecule has 0 aromatic heterocycles. The first-order chi connectivity index (χ1) is 9.35. The lowest BCUT2D eigenvalue weighted by Gasteiger charge is -2.16. The van der Waals surface area contributed by atoms with Crippen molar-refractivity contribution < 1.29 is 23.9 Å². The molecule has 118 valence electrons. The summed E-state index contributed by atoms with van der Waals surface area (Å²) in [5.74, 6) is -0.551. The van der Waals surface area contributed by atoms with E-state index in [1.165, 1.54) is 0 Å². The highest BCUT2D eigenvalue weighted by Crippen LogP contribution is 2.17. The van der Waals surface area contributed by atoms with Crippen LogP contribution in [0.15, 0.2) is 0 Å². The van der Waals surface area contributed by atoms with Crippen LogP contribution >= 0.6 is 0 Å². The van der Waals surface area contributed by atoms with E-state index in [-0.39, 0.29) is 23.8 Å². The number of hydrogen-bond acceptors (Lipinski definition) is 5. The van der Waals surface area contributed by atoms with Gasteiger partial charge in [-0.1, -0.05) is 20.8 Å². The highest BCUT2D eigenvalue weighted by molar-refractivity contribution is 5.78. The van der Waals surface area contributed by atoms with E-state index in [0.29, 0.717) is 32.8 Å².